The number of nitrogens with two attached hydrogens (primary N) is 1. The van der Waals surface area contributed by atoms with Gasteiger partial charge in [-0.3, -0.25) is 5.10 Å². The molecule has 2 aromatic rings. The summed E-state index contributed by atoms with van der Waals surface area (Å²) in [6, 6.07) is -0.192. The van der Waals surface area contributed by atoms with Gasteiger partial charge < -0.3 is 15.0 Å². The number of rotatable bonds is 5. The van der Waals surface area contributed by atoms with E-state index in [-0.39, 0.29) is 24.2 Å². The molecule has 0 spiro atoms. The molecular formula is C12H18N6O2. The van der Waals surface area contributed by atoms with Crippen LogP contribution in [0.1, 0.15) is 49.0 Å². The first kappa shape index (κ1) is 14.0. The van der Waals surface area contributed by atoms with E-state index in [0.717, 1.165) is 0 Å². The van der Waals surface area contributed by atoms with Crippen LogP contribution in [0, 0.1) is 0 Å². The standard InChI is InChI=1S/C12H18N6O2/c1-4-8-16-9(12(19)20-5-2)10(13)18(8)7(3)11-14-6-15-17-11/h6-7H,4-5,13H2,1-3H3,(H,14,15,17). The number of aromatic nitrogens is 5. The van der Waals surface area contributed by atoms with E-state index in [1.165, 1.54) is 6.33 Å². The zero-order valence-corrected chi connectivity index (χ0v) is 11.8. The maximum absolute atomic E-state index is 11.8. The van der Waals surface area contributed by atoms with Crippen molar-refractivity contribution in [3.8, 4) is 0 Å². The third kappa shape index (κ3) is 2.36. The first-order valence-electron chi connectivity index (χ1n) is 6.49. The van der Waals surface area contributed by atoms with Crippen LogP contribution < -0.4 is 5.73 Å². The number of esters is 1. The predicted molar refractivity (Wildman–Crippen MR) is 72.2 cm³/mol. The van der Waals surface area contributed by atoms with Crippen molar-refractivity contribution in [1.29, 1.82) is 0 Å². The fraction of sp³-hybridized carbons (Fsp3) is 0.500. The lowest BCUT2D eigenvalue weighted by Gasteiger charge is -2.15. The molecule has 0 saturated heterocycles. The lowest BCUT2D eigenvalue weighted by molar-refractivity contribution is 0.0521. The van der Waals surface area contributed by atoms with Gasteiger partial charge in [0, 0.05) is 6.42 Å². The zero-order valence-electron chi connectivity index (χ0n) is 11.8. The number of ether oxygens (including phenoxy) is 1. The van der Waals surface area contributed by atoms with Gasteiger partial charge in [0.25, 0.3) is 0 Å². The average molecular weight is 278 g/mol. The number of anilines is 1. The Hall–Kier alpha value is -2.38. The zero-order chi connectivity index (χ0) is 14.7. The Balaban J connectivity index is 2.44. The van der Waals surface area contributed by atoms with Crippen LogP contribution in [0.2, 0.25) is 0 Å². The molecule has 20 heavy (non-hydrogen) atoms. The fourth-order valence-corrected chi connectivity index (χ4v) is 2.06. The minimum absolute atomic E-state index is 0.148. The number of imidazole rings is 1. The second-order valence-corrected chi connectivity index (χ2v) is 4.25. The molecule has 0 aliphatic rings. The third-order valence-electron chi connectivity index (χ3n) is 3.02. The van der Waals surface area contributed by atoms with Crippen molar-refractivity contribution in [2.24, 2.45) is 0 Å². The Morgan fingerprint density at radius 1 is 1.55 bits per heavy atom. The van der Waals surface area contributed by atoms with Crippen LogP contribution in [-0.4, -0.2) is 37.3 Å². The summed E-state index contributed by atoms with van der Waals surface area (Å²) < 4.78 is 6.73. The minimum atomic E-state index is -0.511. The number of nitrogens with zero attached hydrogens (tertiary/aromatic N) is 4. The minimum Gasteiger partial charge on any atom is -0.461 e. The molecule has 1 atom stereocenters. The van der Waals surface area contributed by atoms with Gasteiger partial charge in [-0.25, -0.2) is 14.8 Å². The Labute approximate surface area is 116 Å². The predicted octanol–water partition coefficient (Wildman–Crippen LogP) is 0.932. The van der Waals surface area contributed by atoms with Gasteiger partial charge in [-0.15, -0.1) is 0 Å². The highest BCUT2D eigenvalue weighted by Crippen LogP contribution is 2.24. The maximum atomic E-state index is 11.8. The normalized spacial score (nSPS) is 12.3. The van der Waals surface area contributed by atoms with Crippen molar-refractivity contribution in [1.82, 2.24) is 24.7 Å². The molecule has 2 rings (SSSR count). The highest BCUT2D eigenvalue weighted by Gasteiger charge is 2.25. The number of carbonyl (C=O) groups excluding carboxylic acids is 1. The monoisotopic (exact) mass is 278 g/mol. The van der Waals surface area contributed by atoms with Crippen molar-refractivity contribution >= 4 is 11.8 Å². The van der Waals surface area contributed by atoms with E-state index in [1.54, 1.807) is 11.5 Å². The summed E-state index contributed by atoms with van der Waals surface area (Å²) in [5.74, 6) is 1.13. The van der Waals surface area contributed by atoms with Crippen LogP contribution in [0.3, 0.4) is 0 Å². The number of carbonyl (C=O) groups is 1. The van der Waals surface area contributed by atoms with E-state index in [1.807, 2.05) is 13.8 Å². The van der Waals surface area contributed by atoms with Crippen LogP contribution in [0.15, 0.2) is 6.33 Å². The lowest BCUT2D eigenvalue weighted by Crippen LogP contribution is -2.15. The summed E-state index contributed by atoms with van der Waals surface area (Å²) >= 11 is 0. The average Bonchev–Trinajstić information content (AvgIpc) is 3.05. The number of H-pyrrole nitrogens is 1. The number of hydrogen-bond donors (Lipinski definition) is 2. The van der Waals surface area contributed by atoms with E-state index < -0.39 is 5.97 Å². The van der Waals surface area contributed by atoms with E-state index in [0.29, 0.717) is 18.1 Å². The summed E-state index contributed by atoms with van der Waals surface area (Å²) in [5.41, 5.74) is 6.20. The highest BCUT2D eigenvalue weighted by molar-refractivity contribution is 5.92. The maximum Gasteiger partial charge on any atom is 0.360 e. The van der Waals surface area contributed by atoms with Crippen molar-refractivity contribution < 1.29 is 9.53 Å². The molecule has 0 bridgehead atoms. The van der Waals surface area contributed by atoms with Crippen LogP contribution in [-0.2, 0) is 11.2 Å². The van der Waals surface area contributed by atoms with Gasteiger partial charge >= 0.3 is 5.97 Å². The van der Waals surface area contributed by atoms with Crippen LogP contribution >= 0.6 is 0 Å². The number of nitrogen functional groups attached to an aromatic ring is 1. The summed E-state index contributed by atoms with van der Waals surface area (Å²) in [4.78, 5) is 20.2. The molecule has 0 fully saturated rings. The van der Waals surface area contributed by atoms with Gasteiger partial charge in [-0.05, 0) is 13.8 Å². The lowest BCUT2D eigenvalue weighted by atomic mass is 10.3. The number of hydrogen-bond acceptors (Lipinski definition) is 6. The summed E-state index contributed by atoms with van der Waals surface area (Å²) in [7, 11) is 0. The molecule has 0 aliphatic carbocycles. The molecule has 0 radical (unpaired) electrons. The van der Waals surface area contributed by atoms with Gasteiger partial charge in [-0.2, -0.15) is 5.10 Å². The Bertz CT molecular complexity index is 589. The first-order chi connectivity index (χ1) is 9.60. The first-order valence-corrected chi connectivity index (χ1v) is 6.49. The molecule has 8 nitrogen and oxygen atoms in total. The quantitative estimate of drug-likeness (QED) is 0.787. The van der Waals surface area contributed by atoms with Crippen LogP contribution in [0.25, 0.3) is 0 Å². The molecule has 0 saturated carbocycles. The molecule has 2 heterocycles. The summed E-state index contributed by atoms with van der Waals surface area (Å²) in [6.45, 7) is 5.88. The van der Waals surface area contributed by atoms with Gasteiger partial charge in [-0.1, -0.05) is 6.92 Å². The Morgan fingerprint density at radius 2 is 2.30 bits per heavy atom. The topological polar surface area (TPSA) is 112 Å². The second kappa shape index (κ2) is 5.72. The highest BCUT2D eigenvalue weighted by atomic mass is 16.5. The van der Waals surface area contributed by atoms with Gasteiger partial charge in [0.15, 0.2) is 5.69 Å². The van der Waals surface area contributed by atoms with Crippen LogP contribution in [0.5, 0.6) is 0 Å². The molecule has 1 unspecified atom stereocenters. The van der Waals surface area contributed by atoms with Gasteiger partial charge in [0.05, 0.1) is 12.6 Å². The smallest absolute Gasteiger partial charge is 0.360 e. The Morgan fingerprint density at radius 3 is 2.85 bits per heavy atom. The Kier molecular flexibility index (Phi) is 4.02. The SMILES string of the molecule is CCOC(=O)c1nc(CC)n(C(C)c2ncn[nH]2)c1N. The molecule has 8 heteroatoms. The molecule has 0 aromatic carbocycles. The van der Waals surface area contributed by atoms with Gasteiger partial charge in [0.2, 0.25) is 0 Å². The molecular weight excluding hydrogens is 260 g/mol. The van der Waals surface area contributed by atoms with Crippen LogP contribution in [0.4, 0.5) is 5.82 Å². The van der Waals surface area contributed by atoms with Crippen molar-refractivity contribution in [2.45, 2.75) is 33.2 Å². The largest absolute Gasteiger partial charge is 0.461 e. The summed E-state index contributed by atoms with van der Waals surface area (Å²) in [6.07, 6.45) is 2.07. The fourth-order valence-electron chi connectivity index (χ4n) is 2.06. The van der Waals surface area contributed by atoms with Gasteiger partial charge in [0.1, 0.15) is 23.8 Å². The number of nitrogens with one attached hydrogen (secondary N) is 1. The van der Waals surface area contributed by atoms with Crippen molar-refractivity contribution in [2.75, 3.05) is 12.3 Å². The van der Waals surface area contributed by atoms with E-state index in [9.17, 15) is 4.79 Å². The van der Waals surface area contributed by atoms with Crippen molar-refractivity contribution in [3.05, 3.63) is 23.7 Å². The van der Waals surface area contributed by atoms with E-state index in [4.69, 9.17) is 10.5 Å². The van der Waals surface area contributed by atoms with E-state index >= 15 is 0 Å². The number of aromatic amines is 1. The molecule has 0 aliphatic heterocycles. The molecule has 3 N–H and O–H groups in total. The number of aryl methyl sites for hydroxylation is 1. The van der Waals surface area contributed by atoms with Crippen molar-refractivity contribution in [3.63, 3.8) is 0 Å². The van der Waals surface area contributed by atoms with E-state index in [2.05, 4.69) is 20.2 Å². The third-order valence-corrected chi connectivity index (χ3v) is 3.02. The molecule has 2 aromatic heterocycles. The summed E-state index contributed by atoms with van der Waals surface area (Å²) in [5, 5.41) is 6.62. The second-order valence-electron chi connectivity index (χ2n) is 4.25. The molecule has 0 amide bonds. The molecule has 108 valence electrons.